The predicted molar refractivity (Wildman–Crippen MR) is 62.6 cm³/mol. The fraction of sp³-hybridized carbons (Fsp3) is 0.364. The Labute approximate surface area is 104 Å². The van der Waals surface area contributed by atoms with Gasteiger partial charge in [-0.15, -0.1) is 0 Å². The zero-order valence-electron chi connectivity index (χ0n) is 10.1. The number of hydrogen-bond donors (Lipinski definition) is 1. The quantitative estimate of drug-likeness (QED) is 0.915. The number of carbonyl (C=O) groups is 1. The molecule has 0 aliphatic carbocycles. The zero-order valence-corrected chi connectivity index (χ0v) is 10.9. The van der Waals surface area contributed by atoms with Crippen molar-refractivity contribution in [1.82, 2.24) is 4.72 Å². The number of rotatable bonds is 3. The number of hydrogen-bond acceptors (Lipinski definition) is 3. The Morgan fingerprint density at radius 1 is 1.22 bits per heavy atom. The minimum Gasteiger partial charge on any atom is -0.268 e. The fourth-order valence-corrected chi connectivity index (χ4v) is 1.74. The largest absolute Gasteiger partial charge is 0.268 e. The van der Waals surface area contributed by atoms with Crippen molar-refractivity contribution in [3.05, 3.63) is 34.9 Å². The van der Waals surface area contributed by atoms with Gasteiger partial charge in [0.2, 0.25) is 10.0 Å². The summed E-state index contributed by atoms with van der Waals surface area (Å²) in [7, 11) is -3.85. The first-order valence-electron chi connectivity index (χ1n) is 5.16. The predicted octanol–water partition coefficient (Wildman–Crippen LogP) is 1.74. The van der Waals surface area contributed by atoms with Crippen LogP contribution in [0.3, 0.4) is 0 Å². The highest BCUT2D eigenvalue weighted by Crippen LogP contribution is 2.14. The molecule has 1 aromatic carbocycles. The zero-order chi connectivity index (χ0) is 14.1. The van der Waals surface area contributed by atoms with Crippen LogP contribution in [0.2, 0.25) is 0 Å². The first-order valence-corrected chi connectivity index (χ1v) is 6.71. The minimum atomic E-state index is -3.85. The number of benzene rings is 1. The van der Waals surface area contributed by atoms with Crippen LogP contribution in [-0.4, -0.2) is 19.6 Å². The Balaban J connectivity index is 3.10. The average molecular weight is 277 g/mol. The van der Waals surface area contributed by atoms with Crippen molar-refractivity contribution in [2.75, 3.05) is 0 Å². The maximum Gasteiger partial charge on any atom is 0.267 e. The van der Waals surface area contributed by atoms with Gasteiger partial charge in [-0.25, -0.2) is 21.9 Å². The standard InChI is InChI=1S/C11H13F2NO3S/c1-6(2)18(16,17)14-11(15)8-4-7(3)9(12)5-10(8)13/h4-6H,1-3H3,(H,14,15). The number of halogens is 2. The van der Waals surface area contributed by atoms with Gasteiger partial charge in [0.05, 0.1) is 10.8 Å². The van der Waals surface area contributed by atoms with Crippen LogP contribution in [0.25, 0.3) is 0 Å². The van der Waals surface area contributed by atoms with Gasteiger partial charge in [-0.2, -0.15) is 0 Å². The van der Waals surface area contributed by atoms with E-state index in [1.807, 2.05) is 0 Å². The van der Waals surface area contributed by atoms with Crippen molar-refractivity contribution in [1.29, 1.82) is 0 Å². The van der Waals surface area contributed by atoms with Gasteiger partial charge in [-0.3, -0.25) is 4.79 Å². The number of sulfonamides is 1. The molecule has 0 spiro atoms. The van der Waals surface area contributed by atoms with Crippen LogP contribution in [0.4, 0.5) is 8.78 Å². The van der Waals surface area contributed by atoms with E-state index in [1.54, 1.807) is 4.72 Å². The first kappa shape index (κ1) is 14.6. The van der Waals surface area contributed by atoms with Crippen LogP contribution in [0.5, 0.6) is 0 Å². The molecule has 1 amide bonds. The molecular formula is C11H13F2NO3S. The van der Waals surface area contributed by atoms with E-state index in [0.717, 1.165) is 6.07 Å². The van der Waals surface area contributed by atoms with E-state index in [2.05, 4.69) is 0 Å². The summed E-state index contributed by atoms with van der Waals surface area (Å²) in [6, 6.07) is 1.52. The van der Waals surface area contributed by atoms with E-state index in [0.29, 0.717) is 6.07 Å². The number of aryl methyl sites for hydroxylation is 1. The topological polar surface area (TPSA) is 63.2 Å². The summed E-state index contributed by atoms with van der Waals surface area (Å²) >= 11 is 0. The van der Waals surface area contributed by atoms with Crippen molar-refractivity contribution < 1.29 is 22.0 Å². The highest BCUT2D eigenvalue weighted by atomic mass is 32.2. The van der Waals surface area contributed by atoms with Crippen molar-refractivity contribution in [3.8, 4) is 0 Å². The van der Waals surface area contributed by atoms with E-state index in [-0.39, 0.29) is 5.56 Å². The number of amides is 1. The van der Waals surface area contributed by atoms with Gasteiger partial charge < -0.3 is 0 Å². The van der Waals surface area contributed by atoms with Gasteiger partial charge in [-0.05, 0) is 32.4 Å². The lowest BCUT2D eigenvalue weighted by Gasteiger charge is -2.10. The molecule has 0 aromatic heterocycles. The molecule has 7 heteroatoms. The Hall–Kier alpha value is -1.50. The van der Waals surface area contributed by atoms with Crippen LogP contribution >= 0.6 is 0 Å². The highest BCUT2D eigenvalue weighted by molar-refractivity contribution is 7.90. The average Bonchev–Trinajstić information content (AvgIpc) is 2.22. The molecule has 0 heterocycles. The molecule has 0 fully saturated rings. The Kier molecular flexibility index (Phi) is 4.05. The summed E-state index contributed by atoms with van der Waals surface area (Å²) in [5.74, 6) is -3.00. The SMILES string of the molecule is Cc1cc(C(=O)NS(=O)(=O)C(C)C)c(F)cc1F. The van der Waals surface area contributed by atoms with Gasteiger partial charge in [0, 0.05) is 6.07 Å². The van der Waals surface area contributed by atoms with Gasteiger partial charge in [-0.1, -0.05) is 0 Å². The first-order chi connectivity index (χ1) is 8.15. The summed E-state index contributed by atoms with van der Waals surface area (Å²) in [6.07, 6.45) is 0. The second-order valence-corrected chi connectivity index (χ2v) is 6.34. The molecule has 0 saturated heterocycles. The molecule has 4 nitrogen and oxygen atoms in total. The third-order valence-corrected chi connectivity index (χ3v) is 4.06. The lowest BCUT2D eigenvalue weighted by atomic mass is 10.1. The number of carbonyl (C=O) groups excluding carboxylic acids is 1. The second kappa shape index (κ2) is 5.01. The normalized spacial score (nSPS) is 11.7. The maximum absolute atomic E-state index is 13.4. The van der Waals surface area contributed by atoms with Gasteiger partial charge in [0.25, 0.3) is 5.91 Å². The molecule has 0 unspecified atom stereocenters. The molecule has 1 rings (SSSR count). The molecule has 18 heavy (non-hydrogen) atoms. The van der Waals surface area contributed by atoms with Crippen LogP contribution in [0.1, 0.15) is 29.8 Å². The molecule has 1 aromatic rings. The molecule has 0 atom stereocenters. The minimum absolute atomic E-state index is 0.0588. The third kappa shape index (κ3) is 3.04. The summed E-state index contributed by atoms with van der Waals surface area (Å²) in [6.45, 7) is 4.10. The van der Waals surface area contributed by atoms with Crippen LogP contribution in [0, 0.1) is 18.6 Å². The van der Waals surface area contributed by atoms with Crippen molar-refractivity contribution in [2.45, 2.75) is 26.0 Å². The van der Waals surface area contributed by atoms with Gasteiger partial charge in [0.1, 0.15) is 11.6 Å². The van der Waals surface area contributed by atoms with E-state index in [1.165, 1.54) is 20.8 Å². The monoisotopic (exact) mass is 277 g/mol. The van der Waals surface area contributed by atoms with E-state index < -0.39 is 38.4 Å². The summed E-state index contributed by atoms with van der Waals surface area (Å²) < 4.78 is 51.0. The summed E-state index contributed by atoms with van der Waals surface area (Å²) in [4.78, 5) is 11.6. The lowest BCUT2D eigenvalue weighted by Crippen LogP contribution is -2.36. The fourth-order valence-electron chi connectivity index (χ4n) is 1.13. The number of nitrogens with one attached hydrogen (secondary N) is 1. The Morgan fingerprint density at radius 3 is 2.28 bits per heavy atom. The van der Waals surface area contributed by atoms with Crippen LogP contribution in [0.15, 0.2) is 12.1 Å². The molecule has 100 valence electrons. The van der Waals surface area contributed by atoms with Crippen molar-refractivity contribution in [2.24, 2.45) is 0 Å². The summed E-state index contributed by atoms with van der Waals surface area (Å²) in [5.41, 5.74) is -0.443. The molecule has 0 saturated carbocycles. The van der Waals surface area contributed by atoms with Crippen LogP contribution in [-0.2, 0) is 10.0 Å². The Morgan fingerprint density at radius 2 is 1.78 bits per heavy atom. The molecule has 0 radical (unpaired) electrons. The van der Waals surface area contributed by atoms with E-state index in [9.17, 15) is 22.0 Å². The van der Waals surface area contributed by atoms with Gasteiger partial charge in [0.15, 0.2) is 0 Å². The highest BCUT2D eigenvalue weighted by Gasteiger charge is 2.22. The summed E-state index contributed by atoms with van der Waals surface area (Å²) in [5, 5.41) is -0.828. The van der Waals surface area contributed by atoms with Crippen LogP contribution < -0.4 is 4.72 Å². The van der Waals surface area contributed by atoms with Gasteiger partial charge >= 0.3 is 0 Å². The smallest absolute Gasteiger partial charge is 0.267 e. The molecule has 1 N–H and O–H groups in total. The second-order valence-electron chi connectivity index (χ2n) is 4.11. The Bertz CT molecular complexity index is 582. The van der Waals surface area contributed by atoms with Crippen molar-refractivity contribution >= 4 is 15.9 Å². The molecule has 0 bridgehead atoms. The lowest BCUT2D eigenvalue weighted by molar-refractivity contribution is 0.0977. The molecular weight excluding hydrogens is 264 g/mol. The van der Waals surface area contributed by atoms with Crippen molar-refractivity contribution in [3.63, 3.8) is 0 Å². The third-order valence-electron chi connectivity index (χ3n) is 2.35. The molecule has 0 aliphatic rings. The maximum atomic E-state index is 13.4. The molecule has 0 aliphatic heterocycles. The van der Waals surface area contributed by atoms with E-state index in [4.69, 9.17) is 0 Å². The van der Waals surface area contributed by atoms with E-state index >= 15 is 0 Å².